The van der Waals surface area contributed by atoms with Crippen molar-refractivity contribution < 1.29 is 48.2 Å². The molecule has 0 aliphatic heterocycles. The largest absolute Gasteiger partial charge is 0.480 e. The summed E-state index contributed by atoms with van der Waals surface area (Å²) in [6.07, 6.45) is 0.925. The monoisotopic (exact) mass is 671 g/mol. The molecule has 1 aromatic heterocycles. The lowest BCUT2D eigenvalue weighted by Crippen LogP contribution is -2.28. The molecule has 0 unspecified atom stereocenters. The number of thiophene rings is 1. The van der Waals surface area contributed by atoms with Crippen molar-refractivity contribution in [3.05, 3.63) is 50.1 Å². The molecule has 0 bridgehead atoms. The zero-order valence-corrected chi connectivity index (χ0v) is 26.8. The van der Waals surface area contributed by atoms with Crippen LogP contribution in [0, 0.1) is 27.2 Å². The Morgan fingerprint density at radius 1 is 0.804 bits per heavy atom. The number of nitro groups is 2. The molecule has 2 aromatic rings. The number of aliphatic carboxylic acids is 1. The third-order valence-electron chi connectivity index (χ3n) is 5.94. The van der Waals surface area contributed by atoms with Gasteiger partial charge in [0.2, 0.25) is 5.00 Å². The Bertz CT molecular complexity index is 1250. The van der Waals surface area contributed by atoms with Crippen LogP contribution in [0.4, 0.5) is 27.1 Å². The number of azo groups is 1. The van der Waals surface area contributed by atoms with Crippen LogP contribution >= 0.6 is 11.3 Å². The average Bonchev–Trinajstić information content (AvgIpc) is 3.46. The van der Waals surface area contributed by atoms with Crippen molar-refractivity contribution in [2.24, 2.45) is 10.2 Å². The molecule has 0 saturated carbocycles. The highest BCUT2D eigenvalue weighted by Gasteiger charge is 2.25. The van der Waals surface area contributed by atoms with Gasteiger partial charge in [0.05, 0.1) is 88.2 Å². The average molecular weight is 672 g/mol. The van der Waals surface area contributed by atoms with E-state index >= 15 is 0 Å². The topological polar surface area (TPSA) is 207 Å². The lowest BCUT2D eigenvalue weighted by Gasteiger charge is -2.25. The number of rotatable bonds is 27. The maximum Gasteiger partial charge on any atom is 0.333 e. The first kappa shape index (κ1) is 38.5. The molecule has 0 radical (unpaired) electrons. The van der Waals surface area contributed by atoms with Crippen LogP contribution in [-0.4, -0.2) is 113 Å². The van der Waals surface area contributed by atoms with Gasteiger partial charge in [-0.3, -0.25) is 20.2 Å². The number of nitrogens with zero attached hydrogens (tertiary/aromatic N) is 5. The van der Waals surface area contributed by atoms with Gasteiger partial charge in [-0.1, -0.05) is 6.92 Å². The van der Waals surface area contributed by atoms with Crippen LogP contribution < -0.4 is 4.90 Å². The highest BCUT2D eigenvalue weighted by molar-refractivity contribution is 7.19. The van der Waals surface area contributed by atoms with Crippen LogP contribution in [0.15, 0.2) is 34.5 Å². The van der Waals surface area contributed by atoms with Gasteiger partial charge >= 0.3 is 16.7 Å². The Labute approximate surface area is 270 Å². The minimum atomic E-state index is -1.01. The molecule has 0 saturated heterocycles. The normalized spacial score (nSPS) is 11.3. The predicted octanol–water partition coefficient (Wildman–Crippen LogP) is 4.69. The molecule has 1 heterocycles. The van der Waals surface area contributed by atoms with Crippen molar-refractivity contribution in [3.8, 4) is 0 Å². The first-order valence-corrected chi connectivity index (χ1v) is 15.4. The van der Waals surface area contributed by atoms with E-state index in [4.69, 9.17) is 33.5 Å². The SMILES string of the molecule is CCCN(CCOCCOCCOCCOCCOCCOCC(=O)O)c1ccc(N=Nc2sc([N+](=O)[O-])cc2[N+](=O)[O-])c(C)c1. The van der Waals surface area contributed by atoms with Crippen LogP contribution in [0.25, 0.3) is 0 Å². The molecule has 0 spiro atoms. The first-order valence-electron chi connectivity index (χ1n) is 14.6. The summed E-state index contributed by atoms with van der Waals surface area (Å²) in [6, 6.07) is 6.47. The fraction of sp³-hybridized carbons (Fsp3) is 0.607. The summed E-state index contributed by atoms with van der Waals surface area (Å²) in [5.74, 6) is -1.01. The van der Waals surface area contributed by atoms with Crippen LogP contribution in [0.3, 0.4) is 0 Å². The van der Waals surface area contributed by atoms with Gasteiger partial charge in [-0.2, -0.15) is 0 Å². The molecule has 0 amide bonds. The summed E-state index contributed by atoms with van der Waals surface area (Å²) >= 11 is 0.601. The van der Waals surface area contributed by atoms with Crippen molar-refractivity contribution in [1.82, 2.24) is 0 Å². The number of carboxylic acids is 1. The lowest BCUT2D eigenvalue weighted by molar-refractivity contribution is -0.389. The van der Waals surface area contributed by atoms with E-state index in [1.807, 2.05) is 19.1 Å². The van der Waals surface area contributed by atoms with Crippen molar-refractivity contribution in [2.45, 2.75) is 20.3 Å². The summed E-state index contributed by atoms with van der Waals surface area (Å²) in [4.78, 5) is 33.3. The van der Waals surface area contributed by atoms with Crippen molar-refractivity contribution in [1.29, 1.82) is 0 Å². The van der Waals surface area contributed by atoms with E-state index in [1.54, 1.807) is 6.07 Å². The molecule has 0 fully saturated rings. The van der Waals surface area contributed by atoms with E-state index in [9.17, 15) is 25.0 Å². The van der Waals surface area contributed by atoms with Gasteiger partial charge in [-0.05, 0) is 48.4 Å². The van der Waals surface area contributed by atoms with E-state index < -0.39 is 21.5 Å². The second-order valence-electron chi connectivity index (χ2n) is 9.46. The molecular weight excluding hydrogens is 630 g/mol. The van der Waals surface area contributed by atoms with E-state index in [0.717, 1.165) is 30.3 Å². The zero-order chi connectivity index (χ0) is 33.6. The maximum absolute atomic E-state index is 11.2. The van der Waals surface area contributed by atoms with Gasteiger partial charge in [-0.25, -0.2) is 4.79 Å². The number of benzene rings is 1. The molecule has 46 heavy (non-hydrogen) atoms. The standard InChI is InChI=1S/C28H41N5O12S/c1-3-6-31(7-8-40-9-10-41-11-12-42-13-14-43-15-16-44-17-18-45-21-27(34)35)23-4-5-24(22(2)19-23)29-30-28-25(32(36)37)20-26(46-28)33(38)39/h4-5,19-20H,3,6-18,21H2,1-2H3,(H,34,35). The molecule has 256 valence electrons. The molecule has 17 nitrogen and oxygen atoms in total. The molecule has 0 aliphatic carbocycles. The third-order valence-corrected chi connectivity index (χ3v) is 6.90. The van der Waals surface area contributed by atoms with E-state index in [2.05, 4.69) is 22.1 Å². The minimum absolute atomic E-state index is 0.133. The van der Waals surface area contributed by atoms with Gasteiger partial charge in [0.1, 0.15) is 12.7 Å². The number of anilines is 1. The Balaban J connectivity index is 1.60. The second kappa shape index (κ2) is 22.8. The quantitative estimate of drug-likeness (QED) is 0.0593. The molecule has 1 N–H and O–H groups in total. The third kappa shape index (κ3) is 15.6. The maximum atomic E-state index is 11.2. The summed E-state index contributed by atoms with van der Waals surface area (Å²) < 4.78 is 32.2. The smallest absolute Gasteiger partial charge is 0.333 e. The van der Waals surface area contributed by atoms with Crippen LogP contribution in [0.5, 0.6) is 0 Å². The summed E-state index contributed by atoms with van der Waals surface area (Å²) in [5.41, 5.74) is 1.81. The van der Waals surface area contributed by atoms with Crippen LogP contribution in [-0.2, 0) is 33.2 Å². The van der Waals surface area contributed by atoms with Gasteiger partial charge in [0, 0.05) is 18.8 Å². The van der Waals surface area contributed by atoms with Gasteiger partial charge in [-0.15, -0.1) is 10.2 Å². The first-order chi connectivity index (χ1) is 22.2. The summed E-state index contributed by atoms with van der Waals surface area (Å²) in [6.45, 7) is 9.48. The van der Waals surface area contributed by atoms with E-state index in [-0.39, 0.29) is 23.2 Å². The van der Waals surface area contributed by atoms with Crippen molar-refractivity contribution in [2.75, 3.05) is 97.3 Å². The zero-order valence-electron chi connectivity index (χ0n) is 26.0. The number of carbonyl (C=O) groups is 1. The van der Waals surface area contributed by atoms with E-state index in [1.165, 1.54) is 0 Å². The number of hydrogen-bond donors (Lipinski definition) is 1. The highest BCUT2D eigenvalue weighted by atomic mass is 32.1. The van der Waals surface area contributed by atoms with Gasteiger partial charge in [0.25, 0.3) is 0 Å². The Hall–Kier alpha value is -3.65. The molecule has 1 aromatic carbocycles. The van der Waals surface area contributed by atoms with Crippen LogP contribution in [0.1, 0.15) is 18.9 Å². The second-order valence-corrected chi connectivity index (χ2v) is 10.5. The number of ether oxygens (including phenoxy) is 6. The number of hydrogen-bond acceptors (Lipinski definition) is 15. The molecule has 2 rings (SSSR count). The predicted molar refractivity (Wildman–Crippen MR) is 168 cm³/mol. The Morgan fingerprint density at radius 3 is 1.83 bits per heavy atom. The van der Waals surface area contributed by atoms with Crippen molar-refractivity contribution >= 4 is 44.4 Å². The lowest BCUT2D eigenvalue weighted by atomic mass is 10.1. The van der Waals surface area contributed by atoms with Crippen molar-refractivity contribution in [3.63, 3.8) is 0 Å². The fourth-order valence-corrected chi connectivity index (χ4v) is 4.54. The molecular formula is C28H41N5O12S. The van der Waals surface area contributed by atoms with Gasteiger partial charge in [0.15, 0.2) is 0 Å². The van der Waals surface area contributed by atoms with Crippen LogP contribution in [0.2, 0.25) is 0 Å². The summed E-state index contributed by atoms with van der Waals surface area (Å²) in [5, 5.41) is 38.2. The van der Waals surface area contributed by atoms with E-state index in [0.29, 0.717) is 89.6 Å². The molecule has 18 heteroatoms. The highest BCUT2D eigenvalue weighted by Crippen LogP contribution is 2.42. The molecule has 0 atom stereocenters. The Kier molecular flexibility index (Phi) is 19.1. The van der Waals surface area contributed by atoms with Gasteiger partial charge < -0.3 is 38.4 Å². The summed E-state index contributed by atoms with van der Waals surface area (Å²) in [7, 11) is 0. The minimum Gasteiger partial charge on any atom is -0.480 e. The molecule has 0 aliphatic rings. The number of carboxylic acid groups (broad SMARTS) is 1. The Morgan fingerprint density at radius 2 is 1.35 bits per heavy atom. The fourth-order valence-electron chi connectivity index (χ4n) is 3.77. The number of aryl methyl sites for hydroxylation is 1.